The highest BCUT2D eigenvalue weighted by Gasteiger charge is 2.24. The Morgan fingerprint density at radius 1 is 1.37 bits per heavy atom. The minimum Gasteiger partial charge on any atom is -0.367 e. The Balaban J connectivity index is 2.17. The van der Waals surface area contributed by atoms with Gasteiger partial charge in [-0.25, -0.2) is 8.78 Å². The van der Waals surface area contributed by atoms with Gasteiger partial charge in [-0.1, -0.05) is 13.8 Å². The number of anilines is 1. The van der Waals surface area contributed by atoms with Crippen molar-refractivity contribution in [2.75, 3.05) is 18.0 Å². The predicted molar refractivity (Wildman–Crippen MR) is 77.6 cm³/mol. The zero-order chi connectivity index (χ0) is 14.0. The zero-order valence-electron chi connectivity index (χ0n) is 11.2. The van der Waals surface area contributed by atoms with E-state index in [-0.39, 0.29) is 0 Å². The first-order valence-corrected chi connectivity index (χ1v) is 7.42. The second-order valence-electron chi connectivity index (χ2n) is 5.32. The molecule has 0 bridgehead atoms. The van der Waals surface area contributed by atoms with E-state index in [1.54, 1.807) is 0 Å². The quantitative estimate of drug-likeness (QED) is 0.908. The van der Waals surface area contributed by atoms with Crippen LogP contribution in [0.25, 0.3) is 0 Å². The Hall–Kier alpha value is -0.680. The highest BCUT2D eigenvalue weighted by Crippen LogP contribution is 2.32. The Morgan fingerprint density at radius 3 is 2.74 bits per heavy atom. The number of rotatable bonds is 3. The van der Waals surface area contributed by atoms with Crippen molar-refractivity contribution >= 4 is 21.6 Å². The molecule has 2 nitrogen and oxygen atoms in total. The first-order chi connectivity index (χ1) is 8.97. The maximum absolute atomic E-state index is 14.0. The van der Waals surface area contributed by atoms with Gasteiger partial charge in [0.15, 0.2) is 5.82 Å². The molecular weight excluding hydrogens is 314 g/mol. The maximum atomic E-state index is 14.0. The fraction of sp³-hybridized carbons (Fsp3) is 0.571. The summed E-state index contributed by atoms with van der Waals surface area (Å²) < 4.78 is 27.6. The SMILES string of the molecule is CC(C)NC1CCCN(c2c(F)cc(F)cc2Br)C1. The van der Waals surface area contributed by atoms with Gasteiger partial charge in [-0.3, -0.25) is 0 Å². The van der Waals surface area contributed by atoms with E-state index < -0.39 is 11.6 Å². The molecule has 1 aromatic carbocycles. The summed E-state index contributed by atoms with van der Waals surface area (Å²) in [6.07, 6.45) is 2.10. The first-order valence-electron chi connectivity index (χ1n) is 6.63. The molecule has 0 aromatic heterocycles. The second-order valence-corrected chi connectivity index (χ2v) is 6.18. The fourth-order valence-electron chi connectivity index (χ4n) is 2.62. The molecule has 2 rings (SSSR count). The molecule has 0 saturated carbocycles. The third-order valence-electron chi connectivity index (χ3n) is 3.29. The van der Waals surface area contributed by atoms with Crippen molar-refractivity contribution in [3.63, 3.8) is 0 Å². The molecule has 0 amide bonds. The van der Waals surface area contributed by atoms with Crippen LogP contribution in [-0.2, 0) is 0 Å². The molecule has 1 aliphatic rings. The van der Waals surface area contributed by atoms with Gasteiger partial charge in [-0.2, -0.15) is 0 Å². The van der Waals surface area contributed by atoms with E-state index in [2.05, 4.69) is 35.1 Å². The monoisotopic (exact) mass is 332 g/mol. The van der Waals surface area contributed by atoms with Gasteiger partial charge < -0.3 is 10.2 Å². The molecule has 1 heterocycles. The molecule has 19 heavy (non-hydrogen) atoms. The number of piperidine rings is 1. The highest BCUT2D eigenvalue weighted by molar-refractivity contribution is 9.10. The summed E-state index contributed by atoms with van der Waals surface area (Å²) in [6.45, 7) is 5.76. The Labute approximate surface area is 121 Å². The fourth-order valence-corrected chi connectivity index (χ4v) is 3.28. The van der Waals surface area contributed by atoms with E-state index in [9.17, 15) is 8.78 Å². The smallest absolute Gasteiger partial charge is 0.150 e. The lowest BCUT2D eigenvalue weighted by molar-refractivity contribution is 0.392. The van der Waals surface area contributed by atoms with Crippen LogP contribution in [-0.4, -0.2) is 25.2 Å². The third-order valence-corrected chi connectivity index (χ3v) is 3.89. The van der Waals surface area contributed by atoms with E-state index in [1.165, 1.54) is 6.07 Å². The van der Waals surface area contributed by atoms with Gasteiger partial charge in [-0.05, 0) is 34.8 Å². The van der Waals surface area contributed by atoms with Crippen molar-refractivity contribution in [1.82, 2.24) is 5.32 Å². The van der Waals surface area contributed by atoms with Gasteiger partial charge in [0.05, 0.1) is 5.69 Å². The van der Waals surface area contributed by atoms with E-state index in [4.69, 9.17) is 0 Å². The minimum absolute atomic E-state index is 0.352. The topological polar surface area (TPSA) is 15.3 Å². The van der Waals surface area contributed by atoms with Crippen molar-refractivity contribution in [3.05, 3.63) is 28.2 Å². The zero-order valence-corrected chi connectivity index (χ0v) is 12.8. The number of nitrogens with zero attached hydrogens (tertiary/aromatic N) is 1. The standard InChI is InChI=1S/C14H19BrF2N2/c1-9(2)18-11-4-3-5-19(8-11)14-12(15)6-10(16)7-13(14)17/h6-7,9,11,18H,3-5,8H2,1-2H3. The van der Waals surface area contributed by atoms with Crippen LogP contribution < -0.4 is 10.2 Å². The van der Waals surface area contributed by atoms with Gasteiger partial charge in [0.1, 0.15) is 5.82 Å². The molecule has 1 atom stereocenters. The van der Waals surface area contributed by atoms with Crippen LogP contribution in [0.3, 0.4) is 0 Å². The summed E-state index contributed by atoms with van der Waals surface area (Å²) in [5, 5.41) is 3.48. The second kappa shape index (κ2) is 6.18. The lowest BCUT2D eigenvalue weighted by atomic mass is 10.0. The third kappa shape index (κ3) is 3.66. The highest BCUT2D eigenvalue weighted by atomic mass is 79.9. The van der Waals surface area contributed by atoms with Gasteiger partial charge in [-0.15, -0.1) is 0 Å². The van der Waals surface area contributed by atoms with Crippen LogP contribution in [0.15, 0.2) is 16.6 Å². The van der Waals surface area contributed by atoms with Crippen LogP contribution in [0.1, 0.15) is 26.7 Å². The van der Waals surface area contributed by atoms with Crippen molar-refractivity contribution in [2.45, 2.75) is 38.8 Å². The molecule has 1 unspecified atom stereocenters. The van der Waals surface area contributed by atoms with Crippen LogP contribution in [0.4, 0.5) is 14.5 Å². The molecular formula is C14H19BrF2N2. The normalized spacial score (nSPS) is 20.1. The molecule has 5 heteroatoms. The van der Waals surface area contributed by atoms with Crippen LogP contribution in [0.5, 0.6) is 0 Å². The summed E-state index contributed by atoms with van der Waals surface area (Å²) in [5.41, 5.74) is 0.469. The van der Waals surface area contributed by atoms with E-state index >= 15 is 0 Å². The lowest BCUT2D eigenvalue weighted by Crippen LogP contribution is -2.48. The Bertz CT molecular complexity index is 428. The number of nitrogens with one attached hydrogen (secondary N) is 1. The largest absolute Gasteiger partial charge is 0.367 e. The van der Waals surface area contributed by atoms with E-state index in [1.807, 2.05) is 4.90 Å². The van der Waals surface area contributed by atoms with Gasteiger partial charge in [0.25, 0.3) is 0 Å². The average molecular weight is 333 g/mol. The number of benzene rings is 1. The van der Waals surface area contributed by atoms with Crippen LogP contribution >= 0.6 is 15.9 Å². The molecule has 1 saturated heterocycles. The maximum Gasteiger partial charge on any atom is 0.150 e. The molecule has 1 N–H and O–H groups in total. The first kappa shape index (κ1) is 14.7. The average Bonchev–Trinajstić information content (AvgIpc) is 2.26. The summed E-state index contributed by atoms with van der Waals surface area (Å²) in [6, 6.07) is 3.02. The molecule has 1 fully saturated rings. The summed E-state index contributed by atoms with van der Waals surface area (Å²) >= 11 is 3.26. The van der Waals surface area contributed by atoms with Crippen molar-refractivity contribution in [2.24, 2.45) is 0 Å². The Kier molecular flexibility index (Phi) is 4.79. The lowest BCUT2D eigenvalue weighted by Gasteiger charge is -2.36. The molecule has 0 spiro atoms. The molecule has 1 aliphatic heterocycles. The summed E-state index contributed by atoms with van der Waals surface area (Å²) in [5.74, 6) is -1.06. The van der Waals surface area contributed by atoms with E-state index in [0.29, 0.717) is 22.2 Å². The van der Waals surface area contributed by atoms with Gasteiger partial charge >= 0.3 is 0 Å². The predicted octanol–water partition coefficient (Wildman–Crippen LogP) is 3.69. The van der Waals surface area contributed by atoms with Crippen LogP contribution in [0.2, 0.25) is 0 Å². The van der Waals surface area contributed by atoms with Gasteiger partial charge in [0, 0.05) is 35.7 Å². The number of hydrogen-bond acceptors (Lipinski definition) is 2. The van der Waals surface area contributed by atoms with Crippen molar-refractivity contribution in [3.8, 4) is 0 Å². The van der Waals surface area contributed by atoms with Gasteiger partial charge in [0.2, 0.25) is 0 Å². The summed E-state index contributed by atoms with van der Waals surface area (Å²) in [7, 11) is 0. The summed E-state index contributed by atoms with van der Waals surface area (Å²) in [4.78, 5) is 1.99. The molecule has 1 aromatic rings. The molecule has 0 radical (unpaired) electrons. The Morgan fingerprint density at radius 2 is 2.11 bits per heavy atom. The van der Waals surface area contributed by atoms with Crippen LogP contribution in [0, 0.1) is 11.6 Å². The number of halogens is 3. The van der Waals surface area contributed by atoms with Crippen molar-refractivity contribution in [1.29, 1.82) is 0 Å². The molecule has 106 valence electrons. The minimum atomic E-state index is -0.554. The van der Waals surface area contributed by atoms with E-state index in [0.717, 1.165) is 32.0 Å². The number of hydrogen-bond donors (Lipinski definition) is 1. The molecule has 0 aliphatic carbocycles. The van der Waals surface area contributed by atoms with Crippen molar-refractivity contribution < 1.29 is 8.78 Å².